The molecule has 1 rings (SSSR count). The molecule has 0 radical (unpaired) electrons. The summed E-state index contributed by atoms with van der Waals surface area (Å²) in [7, 11) is 0. The van der Waals surface area contributed by atoms with Gasteiger partial charge in [0, 0.05) is 12.2 Å². The molecule has 0 aliphatic carbocycles. The van der Waals surface area contributed by atoms with Gasteiger partial charge in [-0.3, -0.25) is 10.1 Å². The molecule has 0 fully saturated rings. The molecule has 0 saturated heterocycles. The molecule has 7 heteroatoms. The van der Waals surface area contributed by atoms with Crippen molar-refractivity contribution in [3.63, 3.8) is 0 Å². The maximum absolute atomic E-state index is 11.4. The molecule has 0 saturated carbocycles. The number of hydrogen-bond acceptors (Lipinski definition) is 6. The van der Waals surface area contributed by atoms with Crippen LogP contribution in [0.3, 0.4) is 0 Å². The molecule has 7 nitrogen and oxygen atoms in total. The second kappa shape index (κ2) is 7.10. The monoisotopic (exact) mass is 266 g/mol. The van der Waals surface area contributed by atoms with Gasteiger partial charge in [-0.15, -0.1) is 0 Å². The number of carbonyl (C=O) groups is 2. The largest absolute Gasteiger partial charge is 0.462 e. The summed E-state index contributed by atoms with van der Waals surface area (Å²) >= 11 is 0. The highest BCUT2D eigenvalue weighted by Gasteiger charge is 2.13. The van der Waals surface area contributed by atoms with E-state index in [9.17, 15) is 19.7 Å². The number of ether oxygens (including phenoxy) is 1. The van der Waals surface area contributed by atoms with Crippen LogP contribution in [0.4, 0.5) is 5.69 Å². The molecule has 0 aromatic heterocycles. The fraction of sp³-hybridized carbons (Fsp3) is 0.333. The van der Waals surface area contributed by atoms with Gasteiger partial charge in [0.15, 0.2) is 0 Å². The Labute approximate surface area is 109 Å². The molecule has 19 heavy (non-hydrogen) atoms. The van der Waals surface area contributed by atoms with Gasteiger partial charge >= 0.3 is 11.9 Å². The Hall–Kier alpha value is -2.44. The molecule has 102 valence electrons. The number of hydrogen-bond donors (Lipinski definition) is 1. The second-order valence-electron chi connectivity index (χ2n) is 3.63. The van der Waals surface area contributed by atoms with Crippen molar-refractivity contribution < 1.29 is 19.2 Å². The molecule has 0 bridgehead atoms. The van der Waals surface area contributed by atoms with E-state index in [1.165, 1.54) is 0 Å². The number of esters is 1. The molecule has 0 spiro atoms. The molecule has 0 unspecified atom stereocenters. The van der Waals surface area contributed by atoms with Crippen molar-refractivity contribution >= 4 is 17.6 Å². The van der Waals surface area contributed by atoms with E-state index in [1.807, 2.05) is 0 Å². The molecular formula is C12H14N2O5. The van der Waals surface area contributed by atoms with Crippen LogP contribution in [0.15, 0.2) is 24.3 Å². The molecule has 0 atom stereocenters. The van der Waals surface area contributed by atoms with Crippen LogP contribution >= 0.6 is 0 Å². The van der Waals surface area contributed by atoms with Crippen molar-refractivity contribution in [3.8, 4) is 0 Å². The van der Waals surface area contributed by atoms with Crippen molar-refractivity contribution in [2.24, 2.45) is 0 Å². The van der Waals surface area contributed by atoms with E-state index < -0.39 is 16.8 Å². The summed E-state index contributed by atoms with van der Waals surface area (Å²) in [5, 5.41) is 13.0. The highest BCUT2D eigenvalue weighted by molar-refractivity contribution is 5.89. The third-order valence-electron chi connectivity index (χ3n) is 2.27. The summed E-state index contributed by atoms with van der Waals surface area (Å²) in [6.07, 6.45) is -0.188. The standard InChI is InChI=1S/C12H14N2O5/c1-2-19-12(16)9-3-5-10(6-4-9)13-8-7-11(15)14(17)18/h3-6,13H,2,7-8H2,1H3. The van der Waals surface area contributed by atoms with Crippen molar-refractivity contribution in [2.45, 2.75) is 13.3 Å². The molecular weight excluding hydrogens is 252 g/mol. The summed E-state index contributed by atoms with van der Waals surface area (Å²) < 4.78 is 4.83. The quantitative estimate of drug-likeness (QED) is 0.475. The highest BCUT2D eigenvalue weighted by atomic mass is 16.6. The number of nitrogens with zero attached hydrogens (tertiary/aromatic N) is 1. The van der Waals surface area contributed by atoms with Gasteiger partial charge in [-0.2, -0.15) is 0 Å². The van der Waals surface area contributed by atoms with E-state index in [0.29, 0.717) is 17.9 Å². The number of carbonyl (C=O) groups excluding carboxylic acids is 2. The Balaban J connectivity index is 2.46. The Kier molecular flexibility index (Phi) is 5.46. The molecule has 1 amide bonds. The lowest BCUT2D eigenvalue weighted by Gasteiger charge is -2.05. The Bertz CT molecular complexity index is 470. The first kappa shape index (κ1) is 14.6. The number of amides is 1. The zero-order valence-electron chi connectivity index (χ0n) is 10.4. The maximum Gasteiger partial charge on any atom is 0.446 e. The minimum absolute atomic E-state index is 0.165. The normalized spacial score (nSPS) is 9.74. The molecule has 1 aromatic rings. The molecule has 0 heterocycles. The van der Waals surface area contributed by atoms with E-state index >= 15 is 0 Å². The van der Waals surface area contributed by atoms with Gasteiger partial charge in [0.25, 0.3) is 0 Å². The number of benzene rings is 1. The fourth-order valence-electron chi connectivity index (χ4n) is 1.34. The summed E-state index contributed by atoms with van der Waals surface area (Å²) in [5.74, 6) is -1.44. The first-order chi connectivity index (χ1) is 9.04. The molecule has 1 aromatic carbocycles. The predicted molar refractivity (Wildman–Crippen MR) is 67.5 cm³/mol. The smallest absolute Gasteiger partial charge is 0.446 e. The number of nitrogens with one attached hydrogen (secondary N) is 1. The lowest BCUT2D eigenvalue weighted by molar-refractivity contribution is -0.402. The van der Waals surface area contributed by atoms with Crippen molar-refractivity contribution in [1.29, 1.82) is 0 Å². The number of nitro groups is 1. The van der Waals surface area contributed by atoms with Crippen molar-refractivity contribution in [2.75, 3.05) is 18.5 Å². The van der Waals surface area contributed by atoms with Crippen molar-refractivity contribution in [3.05, 3.63) is 39.9 Å². The van der Waals surface area contributed by atoms with Gasteiger partial charge in [0.1, 0.15) is 4.92 Å². The van der Waals surface area contributed by atoms with Crippen LogP contribution in [0.2, 0.25) is 0 Å². The first-order valence-corrected chi connectivity index (χ1v) is 5.73. The topological polar surface area (TPSA) is 98.5 Å². The van der Waals surface area contributed by atoms with Gasteiger partial charge in [-0.25, -0.2) is 9.59 Å². The maximum atomic E-state index is 11.4. The number of rotatable bonds is 6. The summed E-state index contributed by atoms with van der Waals surface area (Å²) in [6.45, 7) is 2.19. The van der Waals surface area contributed by atoms with E-state index in [2.05, 4.69) is 5.32 Å². The Morgan fingerprint density at radius 2 is 1.95 bits per heavy atom. The van der Waals surface area contributed by atoms with Crippen LogP contribution in [0, 0.1) is 10.1 Å². The van der Waals surface area contributed by atoms with Gasteiger partial charge in [0.05, 0.1) is 18.6 Å². The summed E-state index contributed by atoms with van der Waals surface area (Å²) in [4.78, 5) is 31.3. The van der Waals surface area contributed by atoms with Crippen LogP contribution in [-0.2, 0) is 9.53 Å². The minimum Gasteiger partial charge on any atom is -0.462 e. The van der Waals surface area contributed by atoms with Crippen LogP contribution in [0.25, 0.3) is 0 Å². The Morgan fingerprint density at radius 3 is 2.47 bits per heavy atom. The van der Waals surface area contributed by atoms with Crippen LogP contribution in [0.5, 0.6) is 0 Å². The Morgan fingerprint density at radius 1 is 1.32 bits per heavy atom. The van der Waals surface area contributed by atoms with E-state index in [1.54, 1.807) is 31.2 Å². The highest BCUT2D eigenvalue weighted by Crippen LogP contribution is 2.10. The van der Waals surface area contributed by atoms with Crippen molar-refractivity contribution in [1.82, 2.24) is 0 Å². The third-order valence-corrected chi connectivity index (χ3v) is 2.27. The third kappa shape index (κ3) is 4.74. The minimum atomic E-state index is -1.03. The zero-order chi connectivity index (χ0) is 14.3. The van der Waals surface area contributed by atoms with Gasteiger partial charge < -0.3 is 10.1 Å². The van der Waals surface area contributed by atoms with Gasteiger partial charge in [0.2, 0.25) is 0 Å². The van der Waals surface area contributed by atoms with E-state index in [-0.39, 0.29) is 13.0 Å². The van der Waals surface area contributed by atoms with Crippen LogP contribution in [-0.4, -0.2) is 30.0 Å². The van der Waals surface area contributed by atoms with Crippen LogP contribution in [0.1, 0.15) is 23.7 Å². The summed E-state index contributed by atoms with van der Waals surface area (Å²) in [6, 6.07) is 6.44. The predicted octanol–water partition coefficient (Wildman–Crippen LogP) is 1.47. The zero-order valence-corrected chi connectivity index (χ0v) is 10.4. The van der Waals surface area contributed by atoms with E-state index in [0.717, 1.165) is 0 Å². The fourth-order valence-corrected chi connectivity index (χ4v) is 1.34. The average molecular weight is 266 g/mol. The second-order valence-corrected chi connectivity index (χ2v) is 3.63. The van der Waals surface area contributed by atoms with Gasteiger partial charge in [-0.1, -0.05) is 0 Å². The van der Waals surface area contributed by atoms with Crippen LogP contribution < -0.4 is 5.32 Å². The average Bonchev–Trinajstić information content (AvgIpc) is 2.39. The lowest BCUT2D eigenvalue weighted by Crippen LogP contribution is -2.16. The SMILES string of the molecule is CCOC(=O)c1ccc(NCCC(=O)[N+](=O)[O-])cc1. The lowest BCUT2D eigenvalue weighted by atomic mass is 10.2. The first-order valence-electron chi connectivity index (χ1n) is 5.73. The van der Waals surface area contributed by atoms with E-state index in [4.69, 9.17) is 4.74 Å². The summed E-state index contributed by atoms with van der Waals surface area (Å²) in [5.41, 5.74) is 1.10. The van der Waals surface area contributed by atoms with Gasteiger partial charge in [-0.05, 0) is 31.2 Å². The molecule has 0 aliphatic heterocycles. The number of anilines is 1. The molecule has 0 aliphatic rings. The molecule has 1 N–H and O–H groups in total.